The zero-order chi connectivity index (χ0) is 16.1. The maximum Gasteiger partial charge on any atom is 0.303 e. The topological polar surface area (TPSA) is 69.6 Å². The third-order valence-electron chi connectivity index (χ3n) is 4.30. The number of hydrogen-bond acceptors (Lipinski definition) is 3. The van der Waals surface area contributed by atoms with E-state index in [4.69, 9.17) is 5.11 Å². The van der Waals surface area contributed by atoms with E-state index >= 15 is 0 Å². The number of nitrogens with zero attached hydrogens (tertiary/aromatic N) is 1. The molecule has 1 amide bonds. The number of anilines is 1. The van der Waals surface area contributed by atoms with Gasteiger partial charge in [-0.05, 0) is 50.8 Å². The lowest BCUT2D eigenvalue weighted by molar-refractivity contribution is -0.137. The van der Waals surface area contributed by atoms with Crippen molar-refractivity contribution in [2.75, 3.05) is 11.9 Å². The predicted octanol–water partition coefficient (Wildman–Crippen LogP) is 2.52. The Morgan fingerprint density at radius 1 is 1.27 bits per heavy atom. The van der Waals surface area contributed by atoms with Crippen molar-refractivity contribution in [3.05, 3.63) is 29.8 Å². The van der Waals surface area contributed by atoms with Gasteiger partial charge in [0, 0.05) is 24.2 Å². The van der Waals surface area contributed by atoms with Gasteiger partial charge in [-0.2, -0.15) is 0 Å². The Balaban J connectivity index is 1.91. The van der Waals surface area contributed by atoms with Gasteiger partial charge in [0.1, 0.15) is 0 Å². The number of carbonyl (C=O) groups is 2. The summed E-state index contributed by atoms with van der Waals surface area (Å²) < 4.78 is 0. The van der Waals surface area contributed by atoms with Crippen LogP contribution in [0, 0.1) is 0 Å². The van der Waals surface area contributed by atoms with E-state index in [1.165, 1.54) is 0 Å². The molecule has 5 heteroatoms. The molecular formula is C17H24N2O3. The van der Waals surface area contributed by atoms with Crippen molar-refractivity contribution < 1.29 is 14.7 Å². The molecule has 0 radical (unpaired) electrons. The Kier molecular flexibility index (Phi) is 5.55. The first-order chi connectivity index (χ1) is 10.5. The van der Waals surface area contributed by atoms with E-state index in [9.17, 15) is 9.59 Å². The lowest BCUT2D eigenvalue weighted by atomic mass is 10.1. The number of aryl methyl sites for hydroxylation is 1. The highest BCUT2D eigenvalue weighted by Gasteiger charge is 2.28. The van der Waals surface area contributed by atoms with E-state index in [0.717, 1.165) is 24.1 Å². The largest absolute Gasteiger partial charge is 0.481 e. The molecule has 0 spiro atoms. The normalized spacial score (nSPS) is 21.7. The third kappa shape index (κ3) is 4.56. The highest BCUT2D eigenvalue weighted by Crippen LogP contribution is 2.23. The standard InChI is InChI=1S/C17H24N2O3/c1-12-6-7-13(2)19(12)11-16(20)18-15-5-3-4-14(10-15)8-9-17(21)22/h3-5,10,12-13H,6-9,11H2,1-2H3,(H,18,20)(H,21,22). The van der Waals surface area contributed by atoms with Crippen LogP contribution in [0.5, 0.6) is 0 Å². The molecule has 0 saturated carbocycles. The zero-order valence-electron chi connectivity index (χ0n) is 13.2. The number of aliphatic carboxylic acids is 1. The van der Waals surface area contributed by atoms with Crippen LogP contribution >= 0.6 is 0 Å². The van der Waals surface area contributed by atoms with Crippen molar-refractivity contribution in [2.45, 2.75) is 51.6 Å². The van der Waals surface area contributed by atoms with Crippen molar-refractivity contribution in [2.24, 2.45) is 0 Å². The molecule has 1 aliphatic rings. The second-order valence-electron chi connectivity index (χ2n) is 6.09. The van der Waals surface area contributed by atoms with E-state index in [-0.39, 0.29) is 12.3 Å². The average Bonchev–Trinajstić information content (AvgIpc) is 2.77. The minimum atomic E-state index is -0.813. The van der Waals surface area contributed by atoms with E-state index in [1.807, 2.05) is 24.3 Å². The Labute approximate surface area is 131 Å². The second kappa shape index (κ2) is 7.40. The Morgan fingerprint density at radius 2 is 1.95 bits per heavy atom. The molecule has 0 aliphatic carbocycles. The maximum atomic E-state index is 12.2. The van der Waals surface area contributed by atoms with Gasteiger partial charge in [-0.25, -0.2) is 0 Å². The lowest BCUT2D eigenvalue weighted by Gasteiger charge is -2.25. The Morgan fingerprint density at radius 3 is 2.59 bits per heavy atom. The molecule has 1 aromatic carbocycles. The van der Waals surface area contributed by atoms with Crippen LogP contribution in [0.3, 0.4) is 0 Å². The van der Waals surface area contributed by atoms with Crippen LogP contribution in [0.15, 0.2) is 24.3 Å². The average molecular weight is 304 g/mol. The molecule has 2 N–H and O–H groups in total. The maximum absolute atomic E-state index is 12.2. The van der Waals surface area contributed by atoms with Crippen molar-refractivity contribution in [3.63, 3.8) is 0 Å². The summed E-state index contributed by atoms with van der Waals surface area (Å²) in [5.74, 6) is -0.831. The summed E-state index contributed by atoms with van der Waals surface area (Å²) >= 11 is 0. The number of carboxylic acids is 1. The minimum absolute atomic E-state index is 0.0176. The van der Waals surface area contributed by atoms with E-state index in [0.29, 0.717) is 25.0 Å². The summed E-state index contributed by atoms with van der Waals surface area (Å²) in [6.45, 7) is 4.72. The SMILES string of the molecule is CC1CCC(C)N1CC(=O)Nc1cccc(CCC(=O)O)c1. The number of benzene rings is 1. The molecule has 2 unspecified atom stereocenters. The van der Waals surface area contributed by atoms with Gasteiger partial charge in [-0.3, -0.25) is 14.5 Å². The Bertz CT molecular complexity index is 534. The predicted molar refractivity (Wildman–Crippen MR) is 85.9 cm³/mol. The summed E-state index contributed by atoms with van der Waals surface area (Å²) in [5.41, 5.74) is 1.65. The molecule has 1 fully saturated rings. The van der Waals surface area contributed by atoms with Gasteiger partial charge in [-0.15, -0.1) is 0 Å². The fourth-order valence-corrected chi connectivity index (χ4v) is 2.98. The third-order valence-corrected chi connectivity index (χ3v) is 4.30. The van der Waals surface area contributed by atoms with Gasteiger partial charge in [-0.1, -0.05) is 12.1 Å². The molecule has 5 nitrogen and oxygen atoms in total. The molecular weight excluding hydrogens is 280 g/mol. The van der Waals surface area contributed by atoms with Crippen molar-refractivity contribution in [3.8, 4) is 0 Å². The van der Waals surface area contributed by atoms with Gasteiger partial charge >= 0.3 is 5.97 Å². The van der Waals surface area contributed by atoms with Gasteiger partial charge < -0.3 is 10.4 Å². The number of carbonyl (C=O) groups excluding carboxylic acids is 1. The molecule has 120 valence electrons. The zero-order valence-corrected chi connectivity index (χ0v) is 13.2. The number of likely N-dealkylation sites (tertiary alicyclic amines) is 1. The molecule has 22 heavy (non-hydrogen) atoms. The van der Waals surface area contributed by atoms with Crippen molar-refractivity contribution >= 4 is 17.6 Å². The fraction of sp³-hybridized carbons (Fsp3) is 0.529. The number of amides is 1. The number of hydrogen-bond donors (Lipinski definition) is 2. The quantitative estimate of drug-likeness (QED) is 0.847. The van der Waals surface area contributed by atoms with Crippen LogP contribution in [-0.2, 0) is 16.0 Å². The number of rotatable bonds is 6. The van der Waals surface area contributed by atoms with Crippen LogP contribution in [0.25, 0.3) is 0 Å². The van der Waals surface area contributed by atoms with Crippen LogP contribution in [0.4, 0.5) is 5.69 Å². The summed E-state index contributed by atoms with van der Waals surface area (Å²) in [6.07, 6.45) is 2.84. The lowest BCUT2D eigenvalue weighted by Crippen LogP contribution is -2.39. The molecule has 1 aliphatic heterocycles. The van der Waals surface area contributed by atoms with Crippen molar-refractivity contribution in [1.82, 2.24) is 4.90 Å². The fourth-order valence-electron chi connectivity index (χ4n) is 2.98. The molecule has 2 rings (SSSR count). The number of carboxylic acid groups (broad SMARTS) is 1. The molecule has 1 aromatic rings. The van der Waals surface area contributed by atoms with Crippen LogP contribution < -0.4 is 5.32 Å². The summed E-state index contributed by atoms with van der Waals surface area (Å²) in [4.78, 5) is 25.0. The monoisotopic (exact) mass is 304 g/mol. The smallest absolute Gasteiger partial charge is 0.303 e. The highest BCUT2D eigenvalue weighted by atomic mass is 16.4. The highest BCUT2D eigenvalue weighted by molar-refractivity contribution is 5.92. The van der Waals surface area contributed by atoms with Crippen LogP contribution in [0.2, 0.25) is 0 Å². The minimum Gasteiger partial charge on any atom is -0.481 e. The summed E-state index contributed by atoms with van der Waals surface area (Å²) in [6, 6.07) is 8.29. The van der Waals surface area contributed by atoms with Gasteiger partial charge in [0.05, 0.1) is 6.54 Å². The summed E-state index contributed by atoms with van der Waals surface area (Å²) in [5, 5.41) is 11.6. The molecule has 0 aromatic heterocycles. The van der Waals surface area contributed by atoms with Gasteiger partial charge in [0.15, 0.2) is 0 Å². The van der Waals surface area contributed by atoms with E-state index in [2.05, 4.69) is 24.1 Å². The first kappa shape index (κ1) is 16.5. The van der Waals surface area contributed by atoms with Gasteiger partial charge in [0.2, 0.25) is 5.91 Å². The number of nitrogens with one attached hydrogen (secondary N) is 1. The van der Waals surface area contributed by atoms with Gasteiger partial charge in [0.25, 0.3) is 0 Å². The molecule has 2 atom stereocenters. The molecule has 0 bridgehead atoms. The summed E-state index contributed by atoms with van der Waals surface area (Å²) in [7, 11) is 0. The first-order valence-electron chi connectivity index (χ1n) is 7.82. The van der Waals surface area contributed by atoms with E-state index < -0.39 is 5.97 Å². The van der Waals surface area contributed by atoms with Crippen LogP contribution in [0.1, 0.15) is 38.7 Å². The Hall–Kier alpha value is -1.88. The van der Waals surface area contributed by atoms with Crippen LogP contribution in [-0.4, -0.2) is 40.5 Å². The van der Waals surface area contributed by atoms with Crippen molar-refractivity contribution in [1.29, 1.82) is 0 Å². The molecule has 1 saturated heterocycles. The first-order valence-corrected chi connectivity index (χ1v) is 7.82. The van der Waals surface area contributed by atoms with E-state index in [1.54, 1.807) is 0 Å². The second-order valence-corrected chi connectivity index (χ2v) is 6.09. The molecule has 1 heterocycles.